The van der Waals surface area contributed by atoms with E-state index in [4.69, 9.17) is 13.3 Å². The summed E-state index contributed by atoms with van der Waals surface area (Å²) in [5.41, 5.74) is 9.95. The van der Waals surface area contributed by atoms with Crippen molar-refractivity contribution >= 4 is 76.4 Å². The third-order valence-corrected chi connectivity index (χ3v) is 10.1. The van der Waals surface area contributed by atoms with E-state index in [1.807, 2.05) is 30.3 Å². The summed E-state index contributed by atoms with van der Waals surface area (Å²) in [5.74, 6) is 0.856. The van der Waals surface area contributed by atoms with Crippen LogP contribution >= 0.6 is 0 Å². The quantitative estimate of drug-likeness (QED) is 0.183. The molecule has 0 saturated carbocycles. The minimum Gasteiger partial charge on any atom is -0.456 e. The van der Waals surface area contributed by atoms with Gasteiger partial charge < -0.3 is 13.3 Å². The molecule has 0 N–H and O–H groups in total. The molecule has 8 aromatic carbocycles. The maximum absolute atomic E-state index is 7.07. The Bertz CT molecular complexity index is 3040. The molecule has 3 aromatic heterocycles. The average molecular weight is 627 g/mol. The van der Waals surface area contributed by atoms with Crippen LogP contribution in [0.25, 0.3) is 110 Å². The molecule has 0 spiro atoms. The molecule has 3 nitrogen and oxygen atoms in total. The molecule has 0 fully saturated rings. The van der Waals surface area contributed by atoms with Gasteiger partial charge in [-0.3, -0.25) is 0 Å². The van der Waals surface area contributed by atoms with Gasteiger partial charge in [0.2, 0.25) is 0 Å². The van der Waals surface area contributed by atoms with Gasteiger partial charge in [0.1, 0.15) is 33.7 Å². The number of para-hydroxylation sites is 2. The van der Waals surface area contributed by atoms with E-state index in [1.165, 1.54) is 16.3 Å². The predicted molar refractivity (Wildman–Crippen MR) is 202 cm³/mol. The highest BCUT2D eigenvalue weighted by Crippen LogP contribution is 2.51. The van der Waals surface area contributed by atoms with Crippen LogP contribution in [0.4, 0.5) is 0 Å². The first-order valence-corrected chi connectivity index (χ1v) is 16.6. The van der Waals surface area contributed by atoms with E-state index in [1.54, 1.807) is 0 Å². The van der Waals surface area contributed by atoms with E-state index in [0.29, 0.717) is 0 Å². The zero-order valence-corrected chi connectivity index (χ0v) is 26.2. The lowest BCUT2D eigenvalue weighted by molar-refractivity contribution is 0.633. The SMILES string of the molecule is c1ccc(-c2c(-c3c4ccccc4c(-c4ccc5oc6ccccc6c5c4)c4ccccc34)oc3ccc4oc5ccccc5c4c23)cc1. The van der Waals surface area contributed by atoms with E-state index < -0.39 is 0 Å². The molecule has 0 aliphatic heterocycles. The van der Waals surface area contributed by atoms with Crippen LogP contribution in [-0.2, 0) is 0 Å². The van der Waals surface area contributed by atoms with Crippen LogP contribution in [0, 0.1) is 0 Å². The smallest absolute Gasteiger partial charge is 0.144 e. The van der Waals surface area contributed by atoms with Crippen molar-refractivity contribution in [2.75, 3.05) is 0 Å². The number of hydrogen-bond donors (Lipinski definition) is 0. The van der Waals surface area contributed by atoms with Gasteiger partial charge in [0.05, 0.1) is 0 Å². The number of rotatable bonds is 3. The van der Waals surface area contributed by atoms with Crippen molar-refractivity contribution in [3.63, 3.8) is 0 Å². The van der Waals surface area contributed by atoms with Crippen LogP contribution in [0.2, 0.25) is 0 Å². The molecule has 49 heavy (non-hydrogen) atoms. The lowest BCUT2D eigenvalue weighted by Crippen LogP contribution is -1.91. The van der Waals surface area contributed by atoms with Gasteiger partial charge in [-0.1, -0.05) is 121 Å². The van der Waals surface area contributed by atoms with Crippen LogP contribution in [0.15, 0.2) is 171 Å². The topological polar surface area (TPSA) is 39.4 Å². The zero-order valence-electron chi connectivity index (χ0n) is 26.2. The number of benzene rings is 8. The second kappa shape index (κ2) is 9.96. The standard InChI is InChI=1S/C46H26O3/c1-2-12-27(13-3-1)42-45-40(25-24-39-44(45)34-19-9-11-21-37(34)48-39)49-46(42)43-32-17-6-4-15-30(32)41(31-16-5-7-18-33(31)43)28-22-23-38-35(26-28)29-14-8-10-20-36(29)47-38/h1-26H. The molecule has 228 valence electrons. The molecule has 0 saturated heterocycles. The van der Waals surface area contributed by atoms with Gasteiger partial charge in [-0.2, -0.15) is 0 Å². The Labute approximate surface area is 280 Å². The second-order valence-electron chi connectivity index (χ2n) is 12.7. The molecular formula is C46H26O3. The highest BCUT2D eigenvalue weighted by atomic mass is 16.3. The number of fused-ring (bicyclic) bond motifs is 10. The van der Waals surface area contributed by atoms with Gasteiger partial charge in [-0.15, -0.1) is 0 Å². The summed E-state index contributed by atoms with van der Waals surface area (Å²) in [6.07, 6.45) is 0. The van der Waals surface area contributed by atoms with E-state index in [0.717, 1.165) is 93.6 Å². The molecule has 0 unspecified atom stereocenters. The Balaban J connectivity index is 1.29. The third-order valence-electron chi connectivity index (χ3n) is 10.1. The molecule has 0 radical (unpaired) electrons. The number of furan rings is 3. The maximum atomic E-state index is 7.07. The Morgan fingerprint density at radius 1 is 0.265 bits per heavy atom. The Hall–Kier alpha value is -6.58. The fourth-order valence-electron chi connectivity index (χ4n) is 8.03. The summed E-state index contributed by atoms with van der Waals surface area (Å²) in [5, 5.41) is 10.1. The van der Waals surface area contributed by atoms with E-state index in [9.17, 15) is 0 Å². The van der Waals surface area contributed by atoms with Crippen molar-refractivity contribution < 1.29 is 13.3 Å². The second-order valence-corrected chi connectivity index (χ2v) is 12.7. The Morgan fingerprint density at radius 2 is 0.755 bits per heavy atom. The van der Waals surface area contributed by atoms with E-state index in [-0.39, 0.29) is 0 Å². The lowest BCUT2D eigenvalue weighted by atomic mass is 9.85. The maximum Gasteiger partial charge on any atom is 0.144 e. The normalized spacial score (nSPS) is 12.1. The fourth-order valence-corrected chi connectivity index (χ4v) is 8.03. The largest absolute Gasteiger partial charge is 0.456 e. The van der Waals surface area contributed by atoms with Gasteiger partial charge in [0.25, 0.3) is 0 Å². The van der Waals surface area contributed by atoms with Crippen LogP contribution in [0.5, 0.6) is 0 Å². The van der Waals surface area contributed by atoms with Crippen LogP contribution in [-0.4, -0.2) is 0 Å². The summed E-state index contributed by atoms with van der Waals surface area (Å²) >= 11 is 0. The summed E-state index contributed by atoms with van der Waals surface area (Å²) in [6, 6.07) is 55.3. The highest BCUT2D eigenvalue weighted by Gasteiger charge is 2.26. The van der Waals surface area contributed by atoms with Crippen LogP contribution in [0.3, 0.4) is 0 Å². The highest BCUT2D eigenvalue weighted by molar-refractivity contribution is 6.27. The van der Waals surface area contributed by atoms with Gasteiger partial charge in [0.15, 0.2) is 0 Å². The molecule has 0 atom stereocenters. The average Bonchev–Trinajstić information content (AvgIpc) is 3.85. The minimum absolute atomic E-state index is 0.836. The van der Waals surface area contributed by atoms with Crippen molar-refractivity contribution in [1.82, 2.24) is 0 Å². The van der Waals surface area contributed by atoms with Crippen molar-refractivity contribution in [3.05, 3.63) is 158 Å². The van der Waals surface area contributed by atoms with Gasteiger partial charge in [-0.25, -0.2) is 0 Å². The van der Waals surface area contributed by atoms with Crippen molar-refractivity contribution in [2.24, 2.45) is 0 Å². The van der Waals surface area contributed by atoms with Crippen molar-refractivity contribution in [2.45, 2.75) is 0 Å². The summed E-state index contributed by atoms with van der Waals surface area (Å²) in [7, 11) is 0. The summed E-state index contributed by atoms with van der Waals surface area (Å²) < 4.78 is 19.7. The molecule has 11 rings (SSSR count). The molecule has 0 aliphatic carbocycles. The first-order chi connectivity index (χ1) is 24.3. The molecule has 0 amide bonds. The van der Waals surface area contributed by atoms with E-state index >= 15 is 0 Å². The van der Waals surface area contributed by atoms with Gasteiger partial charge in [-0.05, 0) is 74.6 Å². The predicted octanol–water partition coefficient (Wildman–Crippen LogP) is 13.5. The zero-order chi connectivity index (χ0) is 32.1. The van der Waals surface area contributed by atoms with Gasteiger partial charge >= 0.3 is 0 Å². The number of hydrogen-bond acceptors (Lipinski definition) is 3. The summed E-state index contributed by atoms with van der Waals surface area (Å²) in [6.45, 7) is 0. The third kappa shape index (κ3) is 3.73. The Kier molecular flexibility index (Phi) is 5.38. The van der Waals surface area contributed by atoms with E-state index in [2.05, 4.69) is 127 Å². The monoisotopic (exact) mass is 626 g/mol. The molecule has 11 aromatic rings. The molecule has 0 bridgehead atoms. The van der Waals surface area contributed by atoms with Gasteiger partial charge in [0, 0.05) is 38.1 Å². The lowest BCUT2D eigenvalue weighted by Gasteiger charge is -2.17. The first kappa shape index (κ1) is 26.5. The summed E-state index contributed by atoms with van der Waals surface area (Å²) in [4.78, 5) is 0. The Morgan fingerprint density at radius 3 is 1.45 bits per heavy atom. The minimum atomic E-state index is 0.836. The molecule has 0 aliphatic rings. The molecule has 3 heteroatoms. The first-order valence-electron chi connectivity index (χ1n) is 16.6. The van der Waals surface area contributed by atoms with Crippen LogP contribution < -0.4 is 0 Å². The van der Waals surface area contributed by atoms with Crippen LogP contribution in [0.1, 0.15) is 0 Å². The fraction of sp³-hybridized carbons (Fsp3) is 0. The molecule has 3 heterocycles. The van der Waals surface area contributed by atoms with Crippen molar-refractivity contribution in [1.29, 1.82) is 0 Å². The molecular weight excluding hydrogens is 601 g/mol. The van der Waals surface area contributed by atoms with Crippen molar-refractivity contribution in [3.8, 4) is 33.6 Å².